The minimum Gasteiger partial charge on any atom is -0.396 e. The molecule has 0 spiro atoms. The zero-order chi connectivity index (χ0) is 19.5. The minimum atomic E-state index is -0.706. The number of nitriles is 1. The van der Waals surface area contributed by atoms with Crippen LogP contribution in [0.5, 0.6) is 0 Å². The molecule has 0 saturated carbocycles. The Morgan fingerprint density at radius 3 is 2.73 bits per heavy atom. The van der Waals surface area contributed by atoms with Crippen LogP contribution >= 0.6 is 0 Å². The fraction of sp³-hybridized carbons (Fsp3) is 0.778. The lowest BCUT2D eigenvalue weighted by Crippen LogP contribution is -2.50. The second kappa shape index (κ2) is 11.5. The zero-order valence-corrected chi connectivity index (χ0v) is 15.7. The molecule has 8 heteroatoms. The lowest BCUT2D eigenvalue weighted by molar-refractivity contribution is -0.137. The molecular weight excluding hydrogens is 336 g/mol. The smallest absolute Gasteiger partial charge is 0.243 e. The molecule has 8 nitrogen and oxygen atoms in total. The molecule has 3 N–H and O–H groups in total. The Hall–Kier alpha value is -2.14. The van der Waals surface area contributed by atoms with Crippen LogP contribution in [0.4, 0.5) is 0 Å². The largest absolute Gasteiger partial charge is 0.396 e. The van der Waals surface area contributed by atoms with Crippen molar-refractivity contribution < 1.29 is 19.5 Å². The van der Waals surface area contributed by atoms with Gasteiger partial charge in [0.05, 0.1) is 12.6 Å². The van der Waals surface area contributed by atoms with E-state index < -0.39 is 6.04 Å². The van der Waals surface area contributed by atoms with E-state index >= 15 is 0 Å². The summed E-state index contributed by atoms with van der Waals surface area (Å²) in [6.45, 7) is 4.14. The summed E-state index contributed by atoms with van der Waals surface area (Å²) in [4.78, 5) is 37.7. The van der Waals surface area contributed by atoms with Gasteiger partial charge in [-0.25, -0.2) is 0 Å². The quantitative estimate of drug-likeness (QED) is 0.480. The van der Waals surface area contributed by atoms with Gasteiger partial charge < -0.3 is 20.6 Å². The number of rotatable bonds is 10. The van der Waals surface area contributed by atoms with E-state index in [9.17, 15) is 19.6 Å². The maximum absolute atomic E-state index is 12.6. The van der Waals surface area contributed by atoms with Crippen molar-refractivity contribution in [3.63, 3.8) is 0 Å². The molecule has 1 saturated heterocycles. The number of aliphatic hydroxyl groups excluding tert-OH is 1. The predicted molar refractivity (Wildman–Crippen MR) is 95.7 cm³/mol. The summed E-state index contributed by atoms with van der Waals surface area (Å²) < 4.78 is 0. The molecule has 1 aliphatic heterocycles. The van der Waals surface area contributed by atoms with Gasteiger partial charge in [0, 0.05) is 31.5 Å². The van der Waals surface area contributed by atoms with E-state index in [-0.39, 0.29) is 49.3 Å². The van der Waals surface area contributed by atoms with Gasteiger partial charge in [-0.05, 0) is 46.0 Å². The second-order valence-electron chi connectivity index (χ2n) is 6.86. The number of carbonyl (C=O) groups excluding carboxylic acids is 3. The Morgan fingerprint density at radius 1 is 1.42 bits per heavy atom. The molecule has 26 heavy (non-hydrogen) atoms. The minimum absolute atomic E-state index is 0.0337. The van der Waals surface area contributed by atoms with E-state index in [1.54, 1.807) is 0 Å². The van der Waals surface area contributed by atoms with E-state index in [1.165, 1.54) is 4.90 Å². The Balaban J connectivity index is 2.63. The molecule has 0 bridgehead atoms. The van der Waals surface area contributed by atoms with Crippen molar-refractivity contribution in [2.45, 2.75) is 64.5 Å². The normalized spacial score (nSPS) is 18.0. The van der Waals surface area contributed by atoms with Crippen molar-refractivity contribution in [2.75, 3.05) is 19.7 Å². The van der Waals surface area contributed by atoms with Gasteiger partial charge in [0.1, 0.15) is 6.04 Å². The first-order chi connectivity index (χ1) is 12.4. The number of carbonyl (C=O) groups is 3. The Kier molecular flexibility index (Phi) is 9.66. The standard InChI is InChI=1S/C18H30N4O4/c1-13(2)22(17(25)12-21-16(24)7-3-4-9-23)15(11-19)10-14-6-5-8-20-18(14)26/h13-15,23H,3-10,12H2,1-2H3,(H,20,26)(H,21,24)/t14-,15-/m0/s1. The van der Waals surface area contributed by atoms with Crippen molar-refractivity contribution in [3.05, 3.63) is 0 Å². The van der Waals surface area contributed by atoms with Gasteiger partial charge in [-0.3, -0.25) is 14.4 Å². The van der Waals surface area contributed by atoms with Gasteiger partial charge in [-0.2, -0.15) is 5.26 Å². The summed E-state index contributed by atoms with van der Waals surface area (Å²) in [7, 11) is 0. The number of hydrogen-bond acceptors (Lipinski definition) is 5. The molecule has 0 unspecified atom stereocenters. The maximum atomic E-state index is 12.6. The molecule has 1 fully saturated rings. The van der Waals surface area contributed by atoms with E-state index in [0.717, 1.165) is 6.42 Å². The Bertz CT molecular complexity index is 530. The van der Waals surface area contributed by atoms with E-state index in [0.29, 0.717) is 32.2 Å². The first-order valence-electron chi connectivity index (χ1n) is 9.26. The van der Waals surface area contributed by atoms with Crippen LogP contribution in [0.15, 0.2) is 0 Å². The molecule has 3 amide bonds. The molecule has 1 aliphatic rings. The third-order valence-electron chi connectivity index (χ3n) is 4.49. The fourth-order valence-corrected chi connectivity index (χ4v) is 3.13. The number of unbranched alkanes of at least 4 members (excludes halogenated alkanes) is 1. The molecule has 0 radical (unpaired) electrons. The summed E-state index contributed by atoms with van der Waals surface area (Å²) in [6, 6.07) is 1.22. The summed E-state index contributed by atoms with van der Waals surface area (Å²) in [5.74, 6) is -0.922. The molecule has 0 aromatic heterocycles. The predicted octanol–water partition coefficient (Wildman–Crippen LogP) is 0.311. The Morgan fingerprint density at radius 2 is 2.15 bits per heavy atom. The number of aliphatic hydroxyl groups is 1. The molecule has 1 rings (SSSR count). The number of nitrogens with zero attached hydrogens (tertiary/aromatic N) is 2. The highest BCUT2D eigenvalue weighted by molar-refractivity contribution is 5.85. The van der Waals surface area contributed by atoms with Gasteiger partial charge >= 0.3 is 0 Å². The van der Waals surface area contributed by atoms with Gasteiger partial charge in [0.2, 0.25) is 17.7 Å². The van der Waals surface area contributed by atoms with Crippen molar-refractivity contribution in [2.24, 2.45) is 5.92 Å². The summed E-state index contributed by atoms with van der Waals surface area (Å²) in [5.41, 5.74) is 0. The van der Waals surface area contributed by atoms with E-state index in [4.69, 9.17) is 5.11 Å². The van der Waals surface area contributed by atoms with Gasteiger partial charge in [0.15, 0.2) is 0 Å². The van der Waals surface area contributed by atoms with Gasteiger partial charge in [-0.1, -0.05) is 0 Å². The van der Waals surface area contributed by atoms with Crippen molar-refractivity contribution in [1.82, 2.24) is 15.5 Å². The summed E-state index contributed by atoms with van der Waals surface area (Å²) >= 11 is 0. The number of hydrogen-bond donors (Lipinski definition) is 3. The average molecular weight is 366 g/mol. The third-order valence-corrected chi connectivity index (χ3v) is 4.49. The molecular formula is C18H30N4O4. The Labute approximate surface area is 154 Å². The van der Waals surface area contributed by atoms with E-state index in [2.05, 4.69) is 16.7 Å². The van der Waals surface area contributed by atoms with Crippen LogP contribution in [0.25, 0.3) is 0 Å². The van der Waals surface area contributed by atoms with Crippen LogP contribution in [-0.4, -0.2) is 59.5 Å². The number of piperidine rings is 1. The highest BCUT2D eigenvalue weighted by Crippen LogP contribution is 2.21. The molecule has 146 valence electrons. The van der Waals surface area contributed by atoms with Crippen molar-refractivity contribution in [1.29, 1.82) is 5.26 Å². The van der Waals surface area contributed by atoms with Gasteiger partial charge in [0.25, 0.3) is 0 Å². The number of nitrogens with one attached hydrogen (secondary N) is 2. The monoisotopic (exact) mass is 366 g/mol. The molecule has 0 aromatic rings. The third kappa shape index (κ3) is 7.00. The SMILES string of the molecule is CC(C)N(C(=O)CNC(=O)CCCCO)[C@H](C#N)C[C@@H]1CCCNC1=O. The van der Waals surface area contributed by atoms with Crippen LogP contribution in [0.2, 0.25) is 0 Å². The van der Waals surface area contributed by atoms with Crippen LogP contribution in [0, 0.1) is 17.2 Å². The van der Waals surface area contributed by atoms with Crippen molar-refractivity contribution >= 4 is 17.7 Å². The molecule has 0 aliphatic carbocycles. The first kappa shape index (κ1) is 21.9. The molecule has 1 heterocycles. The van der Waals surface area contributed by atoms with Crippen LogP contribution < -0.4 is 10.6 Å². The molecule has 2 atom stereocenters. The van der Waals surface area contributed by atoms with Crippen LogP contribution in [-0.2, 0) is 14.4 Å². The first-order valence-corrected chi connectivity index (χ1v) is 9.26. The van der Waals surface area contributed by atoms with Crippen LogP contribution in [0.3, 0.4) is 0 Å². The fourth-order valence-electron chi connectivity index (χ4n) is 3.13. The highest BCUT2D eigenvalue weighted by Gasteiger charge is 2.32. The maximum Gasteiger partial charge on any atom is 0.243 e. The second-order valence-corrected chi connectivity index (χ2v) is 6.86. The highest BCUT2D eigenvalue weighted by atomic mass is 16.3. The topological polar surface area (TPSA) is 123 Å². The zero-order valence-electron chi connectivity index (χ0n) is 15.7. The lowest BCUT2D eigenvalue weighted by Gasteiger charge is -2.33. The summed E-state index contributed by atoms with van der Waals surface area (Å²) in [5, 5.41) is 23.6. The lowest BCUT2D eigenvalue weighted by atomic mass is 9.91. The summed E-state index contributed by atoms with van der Waals surface area (Å²) in [6.07, 6.45) is 3.23. The molecule has 0 aromatic carbocycles. The average Bonchev–Trinajstić information content (AvgIpc) is 2.61. The van der Waals surface area contributed by atoms with Crippen molar-refractivity contribution in [3.8, 4) is 6.07 Å². The van der Waals surface area contributed by atoms with Crippen LogP contribution in [0.1, 0.15) is 52.4 Å². The van der Waals surface area contributed by atoms with E-state index in [1.807, 2.05) is 13.8 Å². The van der Waals surface area contributed by atoms with Gasteiger partial charge in [-0.15, -0.1) is 0 Å². The number of amides is 3.